The second kappa shape index (κ2) is 11.3. The molecular formula is C15H28N4O2. The highest BCUT2D eigenvalue weighted by atomic mass is 16.5. The van der Waals surface area contributed by atoms with Gasteiger partial charge in [0, 0.05) is 32.7 Å². The van der Waals surface area contributed by atoms with Crippen molar-refractivity contribution in [3.8, 4) is 0 Å². The molecule has 0 aliphatic carbocycles. The Balaban J connectivity index is 2.48. The van der Waals surface area contributed by atoms with Crippen molar-refractivity contribution in [2.45, 2.75) is 33.1 Å². The van der Waals surface area contributed by atoms with E-state index >= 15 is 0 Å². The maximum Gasteiger partial charge on any atom is 0.133 e. The molecule has 1 aromatic heterocycles. The normalized spacial score (nSPS) is 10.6. The van der Waals surface area contributed by atoms with Crippen molar-refractivity contribution in [3.63, 3.8) is 0 Å². The van der Waals surface area contributed by atoms with Gasteiger partial charge in [0.05, 0.1) is 19.8 Å². The third-order valence-electron chi connectivity index (χ3n) is 2.79. The Kier molecular flexibility index (Phi) is 9.48. The van der Waals surface area contributed by atoms with E-state index in [1.54, 1.807) is 7.11 Å². The second-order valence-electron chi connectivity index (χ2n) is 4.76. The summed E-state index contributed by atoms with van der Waals surface area (Å²) in [5.41, 5.74) is 0. The SMILES string of the molecule is CCCNc1cc(NCCOCCOC)nc(CCC)n1. The van der Waals surface area contributed by atoms with E-state index in [0.29, 0.717) is 19.8 Å². The molecule has 21 heavy (non-hydrogen) atoms. The van der Waals surface area contributed by atoms with E-state index in [2.05, 4.69) is 34.4 Å². The molecule has 2 N–H and O–H groups in total. The maximum absolute atomic E-state index is 5.42. The van der Waals surface area contributed by atoms with Crippen LogP contribution in [0.2, 0.25) is 0 Å². The number of hydrogen-bond acceptors (Lipinski definition) is 6. The van der Waals surface area contributed by atoms with Crippen LogP contribution in [-0.2, 0) is 15.9 Å². The van der Waals surface area contributed by atoms with Gasteiger partial charge < -0.3 is 20.1 Å². The predicted octanol–water partition coefficient (Wildman–Crippen LogP) is 2.33. The van der Waals surface area contributed by atoms with Crippen LogP contribution in [0.15, 0.2) is 6.07 Å². The molecule has 6 nitrogen and oxygen atoms in total. The van der Waals surface area contributed by atoms with Gasteiger partial charge in [-0.2, -0.15) is 0 Å². The highest BCUT2D eigenvalue weighted by molar-refractivity contribution is 5.47. The van der Waals surface area contributed by atoms with E-state index in [4.69, 9.17) is 9.47 Å². The lowest BCUT2D eigenvalue weighted by atomic mass is 10.3. The minimum Gasteiger partial charge on any atom is -0.382 e. The summed E-state index contributed by atoms with van der Waals surface area (Å²) in [4.78, 5) is 9.04. The van der Waals surface area contributed by atoms with Gasteiger partial charge in [0.2, 0.25) is 0 Å². The number of rotatable bonds is 12. The first kappa shape index (κ1) is 17.7. The summed E-state index contributed by atoms with van der Waals surface area (Å²) in [5, 5.41) is 6.59. The Hall–Kier alpha value is -1.40. The molecule has 120 valence electrons. The molecule has 0 fully saturated rings. The molecule has 0 atom stereocenters. The zero-order valence-electron chi connectivity index (χ0n) is 13.4. The third-order valence-corrected chi connectivity index (χ3v) is 2.79. The summed E-state index contributed by atoms with van der Waals surface area (Å²) in [6, 6.07) is 1.95. The van der Waals surface area contributed by atoms with Gasteiger partial charge in [-0.1, -0.05) is 13.8 Å². The zero-order chi connectivity index (χ0) is 15.3. The Morgan fingerprint density at radius 2 is 1.67 bits per heavy atom. The van der Waals surface area contributed by atoms with Crippen molar-refractivity contribution >= 4 is 11.6 Å². The van der Waals surface area contributed by atoms with Crippen LogP contribution in [0.4, 0.5) is 11.6 Å². The first-order valence-electron chi connectivity index (χ1n) is 7.72. The minimum absolute atomic E-state index is 0.617. The number of anilines is 2. The summed E-state index contributed by atoms with van der Waals surface area (Å²) in [5.74, 6) is 2.61. The van der Waals surface area contributed by atoms with Gasteiger partial charge in [0.25, 0.3) is 0 Å². The number of nitrogens with zero attached hydrogens (tertiary/aromatic N) is 2. The van der Waals surface area contributed by atoms with Crippen molar-refractivity contribution in [1.29, 1.82) is 0 Å². The third kappa shape index (κ3) is 7.82. The lowest BCUT2D eigenvalue weighted by molar-refractivity contribution is 0.0759. The molecule has 0 aliphatic rings. The average molecular weight is 296 g/mol. The molecule has 0 radical (unpaired) electrons. The molecule has 1 aromatic rings. The fourth-order valence-electron chi connectivity index (χ4n) is 1.76. The molecule has 0 spiro atoms. The van der Waals surface area contributed by atoms with E-state index in [0.717, 1.165) is 49.8 Å². The summed E-state index contributed by atoms with van der Waals surface area (Å²) in [6.07, 6.45) is 3.00. The maximum atomic E-state index is 5.42. The smallest absolute Gasteiger partial charge is 0.133 e. The standard InChI is InChI=1S/C15H28N4O2/c1-4-6-13-18-14(16-7-5-2)12-15(19-13)17-8-9-21-11-10-20-3/h12H,4-11H2,1-3H3,(H2,16,17,18,19). The Labute approximate surface area is 127 Å². The Bertz CT molecular complexity index is 388. The van der Waals surface area contributed by atoms with Gasteiger partial charge in [0.15, 0.2) is 0 Å². The Morgan fingerprint density at radius 3 is 2.29 bits per heavy atom. The lowest BCUT2D eigenvalue weighted by Gasteiger charge is -2.11. The highest BCUT2D eigenvalue weighted by Crippen LogP contribution is 2.12. The van der Waals surface area contributed by atoms with Crippen LogP contribution in [0.5, 0.6) is 0 Å². The van der Waals surface area contributed by atoms with E-state index in [-0.39, 0.29) is 0 Å². The average Bonchev–Trinajstić information content (AvgIpc) is 2.49. The fraction of sp³-hybridized carbons (Fsp3) is 0.733. The monoisotopic (exact) mass is 296 g/mol. The van der Waals surface area contributed by atoms with Crippen molar-refractivity contribution in [2.75, 3.05) is 50.7 Å². The molecule has 0 unspecified atom stereocenters. The largest absolute Gasteiger partial charge is 0.382 e. The van der Waals surface area contributed by atoms with Crippen LogP contribution in [-0.4, -0.2) is 50.0 Å². The van der Waals surface area contributed by atoms with Crippen molar-refractivity contribution in [2.24, 2.45) is 0 Å². The molecule has 6 heteroatoms. The minimum atomic E-state index is 0.617. The van der Waals surface area contributed by atoms with Crippen molar-refractivity contribution in [1.82, 2.24) is 9.97 Å². The van der Waals surface area contributed by atoms with Gasteiger partial charge in [-0.05, 0) is 12.8 Å². The zero-order valence-corrected chi connectivity index (χ0v) is 13.4. The van der Waals surface area contributed by atoms with E-state index in [1.165, 1.54) is 0 Å². The molecule has 1 rings (SSSR count). The highest BCUT2D eigenvalue weighted by Gasteiger charge is 2.03. The number of hydrogen-bond donors (Lipinski definition) is 2. The fourth-order valence-corrected chi connectivity index (χ4v) is 1.76. The van der Waals surface area contributed by atoms with Crippen LogP contribution < -0.4 is 10.6 Å². The topological polar surface area (TPSA) is 68.3 Å². The lowest BCUT2D eigenvalue weighted by Crippen LogP contribution is -2.14. The molecule has 0 saturated heterocycles. The van der Waals surface area contributed by atoms with E-state index in [9.17, 15) is 0 Å². The van der Waals surface area contributed by atoms with Gasteiger partial charge in [-0.3, -0.25) is 0 Å². The summed E-state index contributed by atoms with van der Waals surface area (Å²) in [6.45, 7) is 7.78. The van der Waals surface area contributed by atoms with E-state index in [1.807, 2.05) is 6.07 Å². The van der Waals surface area contributed by atoms with E-state index < -0.39 is 0 Å². The van der Waals surface area contributed by atoms with Crippen LogP contribution in [0.3, 0.4) is 0 Å². The number of methoxy groups -OCH3 is 1. The van der Waals surface area contributed by atoms with Crippen LogP contribution >= 0.6 is 0 Å². The van der Waals surface area contributed by atoms with Gasteiger partial charge in [0.1, 0.15) is 17.5 Å². The molecular weight excluding hydrogens is 268 g/mol. The molecule has 0 amide bonds. The number of aromatic nitrogens is 2. The predicted molar refractivity (Wildman–Crippen MR) is 86.0 cm³/mol. The second-order valence-corrected chi connectivity index (χ2v) is 4.76. The van der Waals surface area contributed by atoms with Crippen LogP contribution in [0.25, 0.3) is 0 Å². The van der Waals surface area contributed by atoms with Crippen LogP contribution in [0.1, 0.15) is 32.5 Å². The number of aryl methyl sites for hydroxylation is 1. The van der Waals surface area contributed by atoms with Gasteiger partial charge in [-0.25, -0.2) is 9.97 Å². The number of ether oxygens (including phenoxy) is 2. The molecule has 0 aromatic carbocycles. The van der Waals surface area contributed by atoms with Crippen molar-refractivity contribution < 1.29 is 9.47 Å². The van der Waals surface area contributed by atoms with Gasteiger partial charge >= 0.3 is 0 Å². The van der Waals surface area contributed by atoms with Crippen molar-refractivity contribution in [3.05, 3.63) is 11.9 Å². The molecule has 1 heterocycles. The Morgan fingerprint density at radius 1 is 0.952 bits per heavy atom. The first-order valence-corrected chi connectivity index (χ1v) is 7.72. The van der Waals surface area contributed by atoms with Gasteiger partial charge in [-0.15, -0.1) is 0 Å². The summed E-state index contributed by atoms with van der Waals surface area (Å²) >= 11 is 0. The summed E-state index contributed by atoms with van der Waals surface area (Å²) < 4.78 is 10.4. The quantitative estimate of drug-likeness (QED) is 0.577. The number of nitrogens with one attached hydrogen (secondary N) is 2. The summed E-state index contributed by atoms with van der Waals surface area (Å²) in [7, 11) is 1.67. The van der Waals surface area contributed by atoms with Crippen LogP contribution in [0, 0.1) is 0 Å². The first-order chi connectivity index (χ1) is 10.3. The molecule has 0 aliphatic heterocycles. The molecule has 0 bridgehead atoms. The molecule has 0 saturated carbocycles.